The van der Waals surface area contributed by atoms with Gasteiger partial charge in [0.2, 0.25) is 0 Å². The minimum atomic E-state index is -3.43. The quantitative estimate of drug-likeness (QED) is 0.600. The Hall–Kier alpha value is -1.80. The van der Waals surface area contributed by atoms with E-state index >= 15 is 0 Å². The van der Waals surface area contributed by atoms with Crippen LogP contribution in [0.25, 0.3) is 0 Å². The SMILES string of the molecule is C[C@@H]1C(=O)O[C@@H]2[C@H]1CC[C@]1(C)Cc3sc(CS(=O)(=O)Cc4ccc(F)cc4)nc3[C@H](C)[C@H]21. The Morgan fingerprint density at radius 3 is 2.62 bits per heavy atom. The van der Waals surface area contributed by atoms with Crippen LogP contribution in [0.15, 0.2) is 24.3 Å². The first-order valence-electron chi connectivity index (χ1n) is 11.2. The van der Waals surface area contributed by atoms with E-state index in [4.69, 9.17) is 9.72 Å². The number of rotatable bonds is 4. The first-order chi connectivity index (χ1) is 15.1. The van der Waals surface area contributed by atoms with Gasteiger partial charge < -0.3 is 4.74 Å². The minimum Gasteiger partial charge on any atom is -0.461 e. The standard InChI is InChI=1S/C24H28FNO4S2/c1-13-17-8-9-24(3)10-18-21(14(2)20(24)22(17)30-23(13)27)26-19(31-18)12-32(28,29)11-15-4-6-16(25)7-5-15/h4-7,13-14,17,20,22H,8-12H2,1-3H3/t13-,14+,17-,20+,22+,24+/m0/s1. The number of esters is 1. The van der Waals surface area contributed by atoms with E-state index in [9.17, 15) is 17.6 Å². The van der Waals surface area contributed by atoms with Crippen molar-refractivity contribution in [3.63, 3.8) is 0 Å². The van der Waals surface area contributed by atoms with Crippen LogP contribution in [-0.4, -0.2) is 25.5 Å². The molecule has 0 spiro atoms. The molecule has 1 saturated carbocycles. The number of hydrogen-bond donors (Lipinski definition) is 0. The fourth-order valence-corrected chi connectivity index (χ4v) is 9.45. The van der Waals surface area contributed by atoms with Crippen LogP contribution in [-0.2, 0) is 37.3 Å². The average molecular weight is 478 g/mol. The topological polar surface area (TPSA) is 73.3 Å². The van der Waals surface area contributed by atoms with Gasteiger partial charge in [0.05, 0.1) is 17.4 Å². The predicted molar refractivity (Wildman–Crippen MR) is 120 cm³/mol. The van der Waals surface area contributed by atoms with Crippen LogP contribution in [0, 0.1) is 29.0 Å². The Kier molecular flexibility index (Phi) is 5.24. The van der Waals surface area contributed by atoms with Gasteiger partial charge in [-0.05, 0) is 42.4 Å². The summed E-state index contributed by atoms with van der Waals surface area (Å²) in [5, 5.41) is 0.611. The van der Waals surface area contributed by atoms with Crippen molar-refractivity contribution in [2.75, 3.05) is 0 Å². The smallest absolute Gasteiger partial charge is 0.309 e. The fourth-order valence-electron chi connectivity index (χ4n) is 6.26. The second kappa shape index (κ2) is 7.62. The highest BCUT2D eigenvalue weighted by Crippen LogP contribution is 2.59. The van der Waals surface area contributed by atoms with Crippen LogP contribution in [0.1, 0.15) is 60.7 Å². The van der Waals surface area contributed by atoms with Crippen molar-refractivity contribution in [1.29, 1.82) is 0 Å². The first kappa shape index (κ1) is 22.0. The Morgan fingerprint density at radius 2 is 1.91 bits per heavy atom. The fraction of sp³-hybridized carbons (Fsp3) is 0.583. The lowest BCUT2D eigenvalue weighted by molar-refractivity contribution is -0.149. The van der Waals surface area contributed by atoms with Crippen LogP contribution < -0.4 is 0 Å². The molecule has 2 aliphatic carbocycles. The molecule has 1 aromatic carbocycles. The van der Waals surface area contributed by atoms with E-state index in [2.05, 4.69) is 13.8 Å². The largest absolute Gasteiger partial charge is 0.461 e. The summed E-state index contributed by atoms with van der Waals surface area (Å²) in [5.74, 6) is -0.202. The van der Waals surface area contributed by atoms with Crippen LogP contribution in [0.5, 0.6) is 0 Å². The number of aromatic nitrogens is 1. The molecular formula is C24H28FNO4S2. The number of ether oxygens (including phenoxy) is 1. The summed E-state index contributed by atoms with van der Waals surface area (Å²) in [5.41, 5.74) is 1.57. The van der Waals surface area contributed by atoms with Crippen LogP contribution in [0.3, 0.4) is 0 Å². The molecule has 0 bridgehead atoms. The van der Waals surface area contributed by atoms with Gasteiger partial charge >= 0.3 is 5.97 Å². The van der Waals surface area contributed by atoms with E-state index in [1.54, 1.807) is 0 Å². The van der Waals surface area contributed by atoms with Gasteiger partial charge in [-0.3, -0.25) is 4.79 Å². The maximum absolute atomic E-state index is 13.1. The predicted octanol–water partition coefficient (Wildman–Crippen LogP) is 4.65. The lowest BCUT2D eigenvalue weighted by Gasteiger charge is -2.51. The number of halogens is 1. The maximum Gasteiger partial charge on any atom is 0.309 e. The lowest BCUT2D eigenvalue weighted by Crippen LogP contribution is -2.50. The molecule has 0 N–H and O–H groups in total. The van der Waals surface area contributed by atoms with E-state index in [0.717, 1.165) is 25.0 Å². The van der Waals surface area contributed by atoms with E-state index in [1.165, 1.54) is 40.5 Å². The molecule has 2 heterocycles. The van der Waals surface area contributed by atoms with Gasteiger partial charge in [-0.2, -0.15) is 0 Å². The molecular weight excluding hydrogens is 449 g/mol. The van der Waals surface area contributed by atoms with E-state index in [1.807, 2.05) is 6.92 Å². The third-order valence-electron chi connectivity index (χ3n) is 7.85. The summed E-state index contributed by atoms with van der Waals surface area (Å²) in [6.07, 6.45) is 2.80. The van der Waals surface area contributed by atoms with Gasteiger partial charge in [0.1, 0.15) is 22.7 Å². The molecule has 32 heavy (non-hydrogen) atoms. The first-order valence-corrected chi connectivity index (χ1v) is 13.8. The Labute approximate surface area is 192 Å². The van der Waals surface area contributed by atoms with Gasteiger partial charge in [-0.15, -0.1) is 11.3 Å². The molecule has 1 aliphatic heterocycles. The van der Waals surface area contributed by atoms with Crippen LogP contribution in [0.2, 0.25) is 0 Å². The number of carbonyl (C=O) groups excluding carboxylic acids is 1. The zero-order chi connectivity index (χ0) is 22.8. The highest BCUT2D eigenvalue weighted by Gasteiger charge is 2.58. The molecule has 2 fully saturated rings. The second-order valence-corrected chi connectivity index (χ2v) is 13.3. The van der Waals surface area contributed by atoms with E-state index in [0.29, 0.717) is 10.6 Å². The second-order valence-electron chi connectivity index (χ2n) is 10.1. The van der Waals surface area contributed by atoms with Crippen LogP contribution >= 0.6 is 11.3 Å². The number of sulfone groups is 1. The molecule has 0 radical (unpaired) electrons. The number of carbonyl (C=O) groups is 1. The van der Waals surface area contributed by atoms with Crippen molar-refractivity contribution in [2.24, 2.45) is 23.2 Å². The highest BCUT2D eigenvalue weighted by molar-refractivity contribution is 7.90. The van der Waals surface area contributed by atoms with Crippen LogP contribution in [0.4, 0.5) is 4.39 Å². The molecule has 1 saturated heterocycles. The number of fused-ring (bicyclic) bond motifs is 4. The summed E-state index contributed by atoms with van der Waals surface area (Å²) in [4.78, 5) is 18.2. The number of benzene rings is 1. The van der Waals surface area contributed by atoms with Crippen molar-refractivity contribution in [1.82, 2.24) is 4.98 Å². The van der Waals surface area contributed by atoms with Gasteiger partial charge in [-0.1, -0.05) is 32.9 Å². The van der Waals surface area contributed by atoms with E-state index in [-0.39, 0.29) is 58.5 Å². The van der Waals surface area contributed by atoms with Crippen molar-refractivity contribution >= 4 is 27.1 Å². The zero-order valence-electron chi connectivity index (χ0n) is 18.5. The summed E-state index contributed by atoms with van der Waals surface area (Å²) in [6, 6.07) is 5.57. The molecule has 0 unspecified atom stereocenters. The number of nitrogens with zero attached hydrogens (tertiary/aromatic N) is 1. The molecule has 0 amide bonds. The van der Waals surface area contributed by atoms with Crippen molar-refractivity contribution in [3.8, 4) is 0 Å². The third kappa shape index (κ3) is 3.69. The summed E-state index contributed by atoms with van der Waals surface area (Å²) < 4.78 is 44.6. The minimum absolute atomic E-state index is 0.0225. The van der Waals surface area contributed by atoms with Crippen molar-refractivity contribution in [2.45, 2.75) is 63.6 Å². The number of hydrogen-bond acceptors (Lipinski definition) is 6. The van der Waals surface area contributed by atoms with Gasteiger partial charge in [0.25, 0.3) is 0 Å². The molecule has 3 aliphatic rings. The van der Waals surface area contributed by atoms with E-state index < -0.39 is 9.84 Å². The zero-order valence-corrected chi connectivity index (χ0v) is 20.1. The number of thiazole rings is 1. The van der Waals surface area contributed by atoms with Crippen molar-refractivity contribution in [3.05, 3.63) is 51.2 Å². The molecule has 172 valence electrons. The molecule has 6 atom stereocenters. The lowest BCUT2D eigenvalue weighted by atomic mass is 9.54. The van der Waals surface area contributed by atoms with Crippen molar-refractivity contribution < 1.29 is 22.3 Å². The summed E-state index contributed by atoms with van der Waals surface area (Å²) in [6.45, 7) is 6.41. The average Bonchev–Trinajstić information content (AvgIpc) is 3.22. The third-order valence-corrected chi connectivity index (χ3v) is 10.6. The molecule has 5 rings (SSSR count). The molecule has 8 heteroatoms. The van der Waals surface area contributed by atoms with Gasteiger partial charge in [0, 0.05) is 22.6 Å². The normalized spacial score (nSPS) is 33.9. The summed E-state index contributed by atoms with van der Waals surface area (Å²) in [7, 11) is -3.43. The van der Waals surface area contributed by atoms with Gasteiger partial charge in [-0.25, -0.2) is 17.8 Å². The summed E-state index contributed by atoms with van der Waals surface area (Å²) >= 11 is 1.50. The Balaban J connectivity index is 1.39. The molecule has 2 aromatic rings. The molecule has 5 nitrogen and oxygen atoms in total. The molecule has 1 aromatic heterocycles. The Bertz CT molecular complexity index is 1160. The Morgan fingerprint density at radius 1 is 1.19 bits per heavy atom. The van der Waals surface area contributed by atoms with Gasteiger partial charge in [0.15, 0.2) is 9.84 Å². The maximum atomic E-state index is 13.1. The highest BCUT2D eigenvalue weighted by atomic mass is 32.2. The monoisotopic (exact) mass is 477 g/mol.